The van der Waals surface area contributed by atoms with Crippen molar-refractivity contribution in [2.45, 2.75) is 20.0 Å². The summed E-state index contributed by atoms with van der Waals surface area (Å²) in [5, 5.41) is 20.8. The summed E-state index contributed by atoms with van der Waals surface area (Å²) in [6.45, 7) is 3.53. The molecule has 18 heavy (non-hydrogen) atoms. The average molecular weight is 264 g/mol. The van der Waals surface area contributed by atoms with Crippen LogP contribution in [0.1, 0.15) is 22.9 Å². The monoisotopic (exact) mass is 264 g/mol. The van der Waals surface area contributed by atoms with Crippen LogP contribution in [-0.2, 0) is 0 Å². The third-order valence-electron chi connectivity index (χ3n) is 2.50. The largest absolute Gasteiger partial charge is 0.386 e. The second-order valence-electron chi connectivity index (χ2n) is 3.94. The number of nitro groups is 1. The van der Waals surface area contributed by atoms with Gasteiger partial charge in [-0.25, -0.2) is 4.98 Å². The minimum absolute atomic E-state index is 0.0403. The Morgan fingerprint density at radius 3 is 2.78 bits per heavy atom. The Labute approximate surface area is 108 Å². The molecule has 0 saturated carbocycles. The van der Waals surface area contributed by atoms with Crippen molar-refractivity contribution in [3.05, 3.63) is 44.3 Å². The van der Waals surface area contributed by atoms with Gasteiger partial charge < -0.3 is 5.11 Å². The first kappa shape index (κ1) is 12.7. The lowest BCUT2D eigenvalue weighted by atomic mass is 10.1. The molecule has 1 aromatic carbocycles. The van der Waals surface area contributed by atoms with Crippen LogP contribution in [-0.4, -0.2) is 15.0 Å². The van der Waals surface area contributed by atoms with E-state index in [0.717, 1.165) is 4.88 Å². The maximum Gasteiger partial charge on any atom is 0.270 e. The Kier molecular flexibility index (Phi) is 3.40. The fraction of sp³-hybridized carbons (Fsp3) is 0.250. The number of aromatic nitrogens is 1. The lowest BCUT2D eigenvalue weighted by Gasteiger charge is -1.99. The number of nitrogens with zero attached hydrogens (tertiary/aromatic N) is 2. The van der Waals surface area contributed by atoms with Crippen LogP contribution in [0.3, 0.4) is 0 Å². The third kappa shape index (κ3) is 2.39. The zero-order chi connectivity index (χ0) is 13.3. The maximum atomic E-state index is 10.7. The third-order valence-corrected chi connectivity index (χ3v) is 3.64. The van der Waals surface area contributed by atoms with E-state index in [1.165, 1.54) is 23.5 Å². The molecule has 2 aromatic rings. The van der Waals surface area contributed by atoms with Crippen molar-refractivity contribution in [3.8, 4) is 11.3 Å². The van der Waals surface area contributed by atoms with Crippen LogP contribution < -0.4 is 0 Å². The number of benzene rings is 1. The highest BCUT2D eigenvalue weighted by atomic mass is 32.1. The highest BCUT2D eigenvalue weighted by Crippen LogP contribution is 2.31. The summed E-state index contributed by atoms with van der Waals surface area (Å²) in [4.78, 5) is 15.6. The van der Waals surface area contributed by atoms with Gasteiger partial charge >= 0.3 is 0 Å². The van der Waals surface area contributed by atoms with Crippen molar-refractivity contribution in [1.29, 1.82) is 0 Å². The van der Waals surface area contributed by atoms with Crippen LogP contribution in [0.4, 0.5) is 5.69 Å². The van der Waals surface area contributed by atoms with Crippen molar-refractivity contribution in [1.82, 2.24) is 4.98 Å². The van der Waals surface area contributed by atoms with Crippen LogP contribution in [0.5, 0.6) is 0 Å². The van der Waals surface area contributed by atoms with E-state index in [9.17, 15) is 15.2 Å². The van der Waals surface area contributed by atoms with Gasteiger partial charge in [-0.05, 0) is 13.8 Å². The maximum absolute atomic E-state index is 10.7. The number of aryl methyl sites for hydroxylation is 1. The molecule has 1 N–H and O–H groups in total. The van der Waals surface area contributed by atoms with E-state index in [0.29, 0.717) is 16.3 Å². The SMILES string of the molecule is Cc1sc(C(C)O)nc1-c1cccc([N+](=O)[O-])c1. The molecule has 0 spiro atoms. The summed E-state index contributed by atoms with van der Waals surface area (Å²) in [6, 6.07) is 6.35. The summed E-state index contributed by atoms with van der Waals surface area (Å²) >= 11 is 1.40. The van der Waals surface area contributed by atoms with Crippen molar-refractivity contribution >= 4 is 17.0 Å². The zero-order valence-corrected chi connectivity index (χ0v) is 10.8. The van der Waals surface area contributed by atoms with Crippen molar-refractivity contribution in [3.63, 3.8) is 0 Å². The van der Waals surface area contributed by atoms with Crippen LogP contribution in [0.15, 0.2) is 24.3 Å². The normalized spacial score (nSPS) is 12.4. The fourth-order valence-corrected chi connectivity index (χ4v) is 2.51. The van der Waals surface area contributed by atoms with Crippen LogP contribution in [0, 0.1) is 17.0 Å². The standard InChI is InChI=1S/C12H12N2O3S/c1-7(15)12-13-11(8(2)18-12)9-4-3-5-10(6-9)14(16)17/h3-7,15H,1-2H3. The number of thiazole rings is 1. The van der Waals surface area contributed by atoms with Gasteiger partial charge in [0.1, 0.15) is 11.1 Å². The molecular weight excluding hydrogens is 252 g/mol. The number of aliphatic hydroxyl groups is 1. The van der Waals surface area contributed by atoms with E-state index in [1.807, 2.05) is 6.92 Å². The quantitative estimate of drug-likeness (QED) is 0.682. The second kappa shape index (κ2) is 4.83. The predicted octanol–water partition coefficient (Wildman–Crippen LogP) is 3.08. The second-order valence-corrected chi connectivity index (χ2v) is 5.18. The highest BCUT2D eigenvalue weighted by Gasteiger charge is 2.15. The number of nitro benzene ring substituents is 1. The fourth-order valence-electron chi connectivity index (χ4n) is 1.63. The molecule has 1 atom stereocenters. The number of rotatable bonds is 3. The Bertz CT molecular complexity index is 593. The molecule has 2 rings (SSSR count). The van der Waals surface area contributed by atoms with E-state index >= 15 is 0 Å². The smallest absolute Gasteiger partial charge is 0.270 e. The topological polar surface area (TPSA) is 76.3 Å². The molecular formula is C12H12N2O3S. The van der Waals surface area contributed by atoms with E-state index < -0.39 is 11.0 Å². The number of hydrogen-bond donors (Lipinski definition) is 1. The molecule has 1 unspecified atom stereocenters. The van der Waals surface area contributed by atoms with Crippen LogP contribution in [0.2, 0.25) is 0 Å². The Morgan fingerprint density at radius 2 is 2.22 bits per heavy atom. The first-order valence-corrected chi connectivity index (χ1v) is 6.21. The van der Waals surface area contributed by atoms with Crippen molar-refractivity contribution < 1.29 is 10.0 Å². The van der Waals surface area contributed by atoms with Gasteiger partial charge in [-0.2, -0.15) is 0 Å². The molecule has 6 heteroatoms. The van der Waals surface area contributed by atoms with E-state index in [2.05, 4.69) is 4.98 Å². The summed E-state index contributed by atoms with van der Waals surface area (Å²) in [5.74, 6) is 0. The van der Waals surface area contributed by atoms with Crippen molar-refractivity contribution in [2.24, 2.45) is 0 Å². The number of non-ortho nitro benzene ring substituents is 1. The lowest BCUT2D eigenvalue weighted by Crippen LogP contribution is -1.91. The molecule has 0 saturated heterocycles. The molecule has 0 radical (unpaired) electrons. The number of aliphatic hydroxyl groups excluding tert-OH is 1. The molecule has 0 amide bonds. The van der Waals surface area contributed by atoms with E-state index in [-0.39, 0.29) is 5.69 Å². The predicted molar refractivity (Wildman–Crippen MR) is 69.6 cm³/mol. The van der Waals surface area contributed by atoms with E-state index in [1.54, 1.807) is 19.1 Å². The van der Waals surface area contributed by atoms with Gasteiger partial charge in [0.25, 0.3) is 5.69 Å². The molecule has 5 nitrogen and oxygen atoms in total. The average Bonchev–Trinajstić information content (AvgIpc) is 2.72. The van der Waals surface area contributed by atoms with Gasteiger partial charge in [-0.15, -0.1) is 11.3 Å². The summed E-state index contributed by atoms with van der Waals surface area (Å²) < 4.78 is 0. The lowest BCUT2D eigenvalue weighted by molar-refractivity contribution is -0.384. The van der Waals surface area contributed by atoms with Gasteiger partial charge in [0.15, 0.2) is 0 Å². The van der Waals surface area contributed by atoms with Crippen LogP contribution in [0.25, 0.3) is 11.3 Å². The molecule has 0 aliphatic carbocycles. The minimum Gasteiger partial charge on any atom is -0.386 e. The Balaban J connectivity index is 2.48. The van der Waals surface area contributed by atoms with Crippen molar-refractivity contribution in [2.75, 3.05) is 0 Å². The molecule has 0 aliphatic heterocycles. The van der Waals surface area contributed by atoms with Gasteiger partial charge in [0.2, 0.25) is 0 Å². The molecule has 94 valence electrons. The number of hydrogen-bond acceptors (Lipinski definition) is 5. The Hall–Kier alpha value is -1.79. The van der Waals surface area contributed by atoms with E-state index in [4.69, 9.17) is 0 Å². The summed E-state index contributed by atoms with van der Waals surface area (Å²) in [5.41, 5.74) is 1.43. The van der Waals surface area contributed by atoms with Crippen LogP contribution >= 0.6 is 11.3 Å². The van der Waals surface area contributed by atoms with Gasteiger partial charge in [-0.1, -0.05) is 12.1 Å². The molecule has 0 fully saturated rings. The highest BCUT2D eigenvalue weighted by molar-refractivity contribution is 7.12. The van der Waals surface area contributed by atoms with Gasteiger partial charge in [0.05, 0.1) is 10.6 Å². The Morgan fingerprint density at radius 1 is 1.50 bits per heavy atom. The first-order chi connectivity index (χ1) is 8.49. The summed E-state index contributed by atoms with van der Waals surface area (Å²) in [6.07, 6.45) is -0.624. The zero-order valence-electron chi connectivity index (χ0n) is 9.95. The summed E-state index contributed by atoms with van der Waals surface area (Å²) in [7, 11) is 0. The molecule has 0 bridgehead atoms. The molecule has 1 aromatic heterocycles. The van der Waals surface area contributed by atoms with Gasteiger partial charge in [0, 0.05) is 22.6 Å². The molecule has 1 heterocycles. The van der Waals surface area contributed by atoms with Gasteiger partial charge in [-0.3, -0.25) is 10.1 Å². The molecule has 0 aliphatic rings. The first-order valence-electron chi connectivity index (χ1n) is 5.39. The minimum atomic E-state index is -0.624.